The van der Waals surface area contributed by atoms with Crippen LogP contribution in [0.4, 0.5) is 65.9 Å². The van der Waals surface area contributed by atoms with Crippen LogP contribution in [0.1, 0.15) is 20.8 Å². The molecule has 0 aromatic carbocycles. The first kappa shape index (κ1) is 28.0. The van der Waals surface area contributed by atoms with E-state index in [2.05, 4.69) is 9.47 Å². The molecule has 4 aliphatic carbocycles. The maximum absolute atomic E-state index is 14.9. The molecule has 4 bridgehead atoms. The first-order chi connectivity index (χ1) is 15.1. The average molecular weight is 550 g/mol. The van der Waals surface area contributed by atoms with Crippen molar-refractivity contribution in [1.82, 2.24) is 0 Å². The van der Waals surface area contributed by atoms with Crippen LogP contribution in [-0.2, 0) is 14.3 Å². The summed E-state index contributed by atoms with van der Waals surface area (Å²) in [6.07, 6.45) is 0. The van der Waals surface area contributed by atoms with Gasteiger partial charge in [-0.25, -0.2) is 13.2 Å². The summed E-state index contributed by atoms with van der Waals surface area (Å²) >= 11 is 0. The number of esters is 1. The first-order valence-corrected chi connectivity index (χ1v) is 9.27. The highest BCUT2D eigenvalue weighted by Gasteiger charge is 3.23. The SMILES string of the molecule is CC(C)(C)C(=O)OCCOC12C(F)(F)C3(F)C(F)(F)C(F)(C(F)(F)C(F)(C3(F)F)C1(F)F)C2(F)F. The zero-order chi connectivity index (χ0) is 27.9. The molecule has 0 aromatic rings. The van der Waals surface area contributed by atoms with Gasteiger partial charge < -0.3 is 9.47 Å². The van der Waals surface area contributed by atoms with E-state index in [1.54, 1.807) is 0 Å². The van der Waals surface area contributed by atoms with Crippen LogP contribution in [0.15, 0.2) is 0 Å². The molecule has 0 aliphatic heterocycles. The third kappa shape index (κ3) is 2.06. The molecule has 4 aliphatic rings. The molecule has 0 amide bonds. The number of carbonyl (C=O) groups is 1. The minimum atomic E-state index is -7.86. The maximum Gasteiger partial charge on any atom is 0.339 e. The van der Waals surface area contributed by atoms with Gasteiger partial charge in [0.25, 0.3) is 5.60 Å². The lowest BCUT2D eigenvalue weighted by molar-refractivity contribution is -0.619. The zero-order valence-electron chi connectivity index (χ0n) is 17.3. The van der Waals surface area contributed by atoms with Crippen LogP contribution >= 0.6 is 0 Å². The molecule has 4 fully saturated rings. The Morgan fingerprint density at radius 1 is 0.543 bits per heavy atom. The van der Waals surface area contributed by atoms with E-state index in [0.717, 1.165) is 20.8 Å². The van der Waals surface area contributed by atoms with E-state index in [0.29, 0.717) is 0 Å². The summed E-state index contributed by atoms with van der Waals surface area (Å²) < 4.78 is 227. The number of carbonyl (C=O) groups excluding carboxylic acids is 1. The van der Waals surface area contributed by atoms with Crippen molar-refractivity contribution in [2.24, 2.45) is 5.41 Å². The fourth-order valence-corrected chi connectivity index (χ4v) is 4.62. The molecule has 4 saturated carbocycles. The fraction of sp³-hybridized carbons (Fsp3) is 0.941. The molecular weight excluding hydrogens is 537 g/mol. The quantitative estimate of drug-likeness (QED) is 0.271. The van der Waals surface area contributed by atoms with Gasteiger partial charge in [0.2, 0.25) is 0 Å². The number of hydrogen-bond acceptors (Lipinski definition) is 3. The van der Waals surface area contributed by atoms with E-state index in [1.165, 1.54) is 0 Å². The summed E-state index contributed by atoms with van der Waals surface area (Å²) in [5.41, 5.74) is -31.5. The number of rotatable bonds is 4. The van der Waals surface area contributed by atoms with Crippen LogP contribution < -0.4 is 0 Å². The summed E-state index contributed by atoms with van der Waals surface area (Å²) in [5.74, 6) is -47.8. The molecule has 35 heavy (non-hydrogen) atoms. The Bertz CT molecular complexity index is 840. The van der Waals surface area contributed by atoms with Gasteiger partial charge in [-0.2, -0.15) is 52.7 Å². The third-order valence-corrected chi connectivity index (χ3v) is 6.47. The Hall–Kier alpha value is -1.62. The van der Waals surface area contributed by atoms with E-state index in [-0.39, 0.29) is 0 Å². The van der Waals surface area contributed by atoms with E-state index in [4.69, 9.17) is 0 Å². The summed E-state index contributed by atoms with van der Waals surface area (Å²) in [7, 11) is 0. The van der Waals surface area contributed by atoms with Gasteiger partial charge in [-0.05, 0) is 20.8 Å². The van der Waals surface area contributed by atoms with Gasteiger partial charge in [0.15, 0.2) is 0 Å². The number of ether oxygens (including phenoxy) is 2. The molecule has 0 saturated heterocycles. The second-order valence-electron chi connectivity index (χ2n) is 9.34. The van der Waals surface area contributed by atoms with E-state index >= 15 is 0 Å². The van der Waals surface area contributed by atoms with E-state index in [9.17, 15) is 70.7 Å². The summed E-state index contributed by atoms with van der Waals surface area (Å²) in [4.78, 5) is 11.6. The van der Waals surface area contributed by atoms with Crippen molar-refractivity contribution in [3.63, 3.8) is 0 Å². The van der Waals surface area contributed by atoms with Crippen LogP contribution in [0.2, 0.25) is 0 Å². The van der Waals surface area contributed by atoms with Crippen LogP contribution in [0.3, 0.4) is 0 Å². The highest BCUT2D eigenvalue weighted by atomic mass is 19.3. The van der Waals surface area contributed by atoms with Gasteiger partial charge in [0.05, 0.1) is 12.0 Å². The van der Waals surface area contributed by atoms with Gasteiger partial charge in [-0.3, -0.25) is 4.79 Å². The zero-order valence-corrected chi connectivity index (χ0v) is 17.3. The molecular formula is C17H13F15O3. The lowest BCUT2D eigenvalue weighted by Gasteiger charge is -2.74. The smallest absolute Gasteiger partial charge is 0.339 e. The van der Waals surface area contributed by atoms with Crippen molar-refractivity contribution in [3.05, 3.63) is 0 Å². The Morgan fingerprint density at radius 2 is 0.829 bits per heavy atom. The predicted octanol–water partition coefficient (Wildman–Crippen LogP) is 5.31. The molecule has 0 unspecified atom stereocenters. The molecule has 0 heterocycles. The Morgan fingerprint density at radius 3 is 1.09 bits per heavy atom. The fourth-order valence-electron chi connectivity index (χ4n) is 4.62. The molecule has 18 heteroatoms. The molecule has 204 valence electrons. The molecule has 3 nitrogen and oxygen atoms in total. The third-order valence-electron chi connectivity index (χ3n) is 6.47. The minimum absolute atomic E-state index is 1.14. The Labute approximate surface area is 184 Å². The van der Waals surface area contributed by atoms with Crippen LogP contribution in [-0.4, -0.2) is 77.3 Å². The highest BCUT2D eigenvalue weighted by Crippen LogP contribution is 2.88. The maximum atomic E-state index is 14.9. The Balaban J connectivity index is 2.32. The average Bonchev–Trinajstić information content (AvgIpc) is 2.66. The van der Waals surface area contributed by atoms with E-state index in [1.807, 2.05) is 0 Å². The molecule has 4 rings (SSSR count). The predicted molar refractivity (Wildman–Crippen MR) is 80.3 cm³/mol. The number of halogens is 15. The topological polar surface area (TPSA) is 35.5 Å². The molecule has 0 aromatic heterocycles. The number of alkyl halides is 15. The summed E-state index contributed by atoms with van der Waals surface area (Å²) in [6, 6.07) is 0. The molecule has 0 spiro atoms. The molecule has 0 N–H and O–H groups in total. The van der Waals surface area contributed by atoms with Crippen LogP contribution in [0.25, 0.3) is 0 Å². The van der Waals surface area contributed by atoms with Crippen molar-refractivity contribution in [2.75, 3.05) is 13.2 Å². The molecule has 0 radical (unpaired) electrons. The van der Waals surface area contributed by atoms with Gasteiger partial charge in [-0.1, -0.05) is 0 Å². The minimum Gasteiger partial charge on any atom is -0.463 e. The first-order valence-electron chi connectivity index (χ1n) is 9.27. The van der Waals surface area contributed by atoms with Crippen molar-refractivity contribution < 1.29 is 80.1 Å². The van der Waals surface area contributed by atoms with E-state index < -0.39 is 82.7 Å². The number of hydrogen-bond donors (Lipinski definition) is 0. The largest absolute Gasteiger partial charge is 0.463 e. The van der Waals surface area contributed by atoms with Crippen LogP contribution in [0, 0.1) is 5.41 Å². The normalized spacial score (nSPS) is 43.1. The lowest BCUT2D eigenvalue weighted by atomic mass is 9.40. The van der Waals surface area contributed by atoms with Gasteiger partial charge in [-0.15, -0.1) is 0 Å². The second-order valence-corrected chi connectivity index (χ2v) is 9.34. The van der Waals surface area contributed by atoms with Gasteiger partial charge in [0, 0.05) is 0 Å². The monoisotopic (exact) mass is 550 g/mol. The van der Waals surface area contributed by atoms with Crippen molar-refractivity contribution in [3.8, 4) is 0 Å². The lowest BCUT2D eigenvalue weighted by Crippen LogP contribution is -3.10. The van der Waals surface area contributed by atoms with Crippen LogP contribution in [0.5, 0.6) is 0 Å². The summed E-state index contributed by atoms with van der Waals surface area (Å²) in [5, 5.41) is 0. The van der Waals surface area contributed by atoms with Gasteiger partial charge in [0.1, 0.15) is 6.61 Å². The van der Waals surface area contributed by atoms with Crippen molar-refractivity contribution in [2.45, 2.75) is 78.9 Å². The van der Waals surface area contributed by atoms with Crippen molar-refractivity contribution >= 4 is 5.97 Å². The molecule has 0 atom stereocenters. The standard InChI is InChI=1S/C17H13F15O3/c1-7(2,3)6(33)34-4-5-35-11-15(27,28)8(18)12(21,22)9(19,16(11,29)30)14(25,26)10(20,13(8,23)24)17(11,31)32/h4-5H2,1-3H3. The van der Waals surface area contributed by atoms with Crippen molar-refractivity contribution in [1.29, 1.82) is 0 Å². The second kappa shape index (κ2) is 6.26. The van der Waals surface area contributed by atoms with Gasteiger partial charge >= 0.3 is 58.5 Å². The highest BCUT2D eigenvalue weighted by molar-refractivity contribution is 5.75. The summed E-state index contributed by atoms with van der Waals surface area (Å²) in [6.45, 7) is -0.464. The Kier molecular flexibility index (Phi) is 5.00.